The normalized spacial score (nSPS) is 13.9. The maximum Gasteiger partial charge on any atom is 0.253 e. The van der Waals surface area contributed by atoms with E-state index >= 15 is 0 Å². The van der Waals surface area contributed by atoms with Crippen LogP contribution in [0.1, 0.15) is 39.8 Å². The van der Waals surface area contributed by atoms with Crippen LogP contribution in [-0.2, 0) is 11.3 Å². The fourth-order valence-corrected chi connectivity index (χ4v) is 6.22. The van der Waals surface area contributed by atoms with E-state index in [1.807, 2.05) is 48.5 Å². The van der Waals surface area contributed by atoms with Crippen molar-refractivity contribution in [2.24, 2.45) is 5.10 Å². The van der Waals surface area contributed by atoms with E-state index in [1.54, 1.807) is 62.3 Å². The molecule has 0 saturated carbocycles. The molecule has 0 spiro atoms. The maximum atomic E-state index is 13.9. The van der Waals surface area contributed by atoms with Crippen LogP contribution in [0.4, 0.5) is 4.39 Å². The average molecular weight is 681 g/mol. The van der Waals surface area contributed by atoms with Crippen molar-refractivity contribution in [3.8, 4) is 22.9 Å². The lowest BCUT2D eigenvalue weighted by Gasteiger charge is -2.22. The van der Waals surface area contributed by atoms with Crippen LogP contribution < -0.4 is 19.5 Å². The molecule has 0 unspecified atom stereocenters. The molecule has 1 aromatic heterocycles. The SMILES string of the molecule is COc1ccc(C(=O)NCc2nnc(SCC(=O)N3N=C(c4ccc(OC)cc4)C[C@H]3c3ccc(F)cc3)n2-c2ccccc2OC)cc1. The Hall–Kier alpha value is -5.69. The van der Waals surface area contributed by atoms with Crippen LogP contribution in [0.15, 0.2) is 107 Å². The zero-order valence-electron chi connectivity index (χ0n) is 27.0. The van der Waals surface area contributed by atoms with E-state index in [9.17, 15) is 14.0 Å². The van der Waals surface area contributed by atoms with Gasteiger partial charge in [0.15, 0.2) is 11.0 Å². The van der Waals surface area contributed by atoms with Crippen molar-refractivity contribution >= 4 is 29.3 Å². The molecule has 13 heteroatoms. The first-order valence-electron chi connectivity index (χ1n) is 15.3. The van der Waals surface area contributed by atoms with E-state index in [-0.39, 0.29) is 29.9 Å². The van der Waals surface area contributed by atoms with E-state index in [2.05, 4.69) is 15.5 Å². The van der Waals surface area contributed by atoms with E-state index in [1.165, 1.54) is 28.9 Å². The van der Waals surface area contributed by atoms with E-state index in [0.29, 0.717) is 45.9 Å². The number of nitrogens with zero attached hydrogens (tertiary/aromatic N) is 5. The number of halogens is 1. The number of para-hydroxylation sites is 2. The maximum absolute atomic E-state index is 13.9. The minimum Gasteiger partial charge on any atom is -0.497 e. The van der Waals surface area contributed by atoms with Gasteiger partial charge in [-0.1, -0.05) is 36.0 Å². The van der Waals surface area contributed by atoms with Gasteiger partial charge >= 0.3 is 0 Å². The fourth-order valence-electron chi connectivity index (χ4n) is 5.40. The van der Waals surface area contributed by atoms with Crippen molar-refractivity contribution in [3.05, 3.63) is 125 Å². The lowest BCUT2D eigenvalue weighted by atomic mass is 9.98. The van der Waals surface area contributed by atoms with Crippen molar-refractivity contribution in [2.75, 3.05) is 27.1 Å². The second-order valence-electron chi connectivity index (χ2n) is 10.9. The van der Waals surface area contributed by atoms with Crippen molar-refractivity contribution in [1.82, 2.24) is 25.1 Å². The third-order valence-electron chi connectivity index (χ3n) is 7.95. The summed E-state index contributed by atoms with van der Waals surface area (Å²) in [6.07, 6.45) is 0.448. The molecule has 11 nitrogen and oxygen atoms in total. The molecule has 1 N–H and O–H groups in total. The van der Waals surface area contributed by atoms with E-state index in [4.69, 9.17) is 19.3 Å². The highest BCUT2D eigenvalue weighted by Crippen LogP contribution is 2.35. The van der Waals surface area contributed by atoms with Gasteiger partial charge < -0.3 is 19.5 Å². The number of hydrogen-bond acceptors (Lipinski definition) is 9. The number of amides is 2. The lowest BCUT2D eigenvalue weighted by Crippen LogP contribution is -2.28. The van der Waals surface area contributed by atoms with Gasteiger partial charge in [-0.2, -0.15) is 5.10 Å². The molecule has 0 bridgehead atoms. The second-order valence-corrected chi connectivity index (χ2v) is 11.8. The Morgan fingerprint density at radius 2 is 1.53 bits per heavy atom. The molecule has 1 atom stereocenters. The number of hydrogen-bond donors (Lipinski definition) is 1. The predicted molar refractivity (Wildman–Crippen MR) is 183 cm³/mol. The zero-order chi connectivity index (χ0) is 34.3. The van der Waals surface area contributed by atoms with Gasteiger partial charge in [-0.05, 0) is 83.9 Å². The van der Waals surface area contributed by atoms with E-state index < -0.39 is 6.04 Å². The first-order chi connectivity index (χ1) is 23.9. The van der Waals surface area contributed by atoms with Gasteiger partial charge in [0.1, 0.15) is 23.1 Å². The molecule has 6 rings (SSSR count). The van der Waals surface area contributed by atoms with Crippen LogP contribution in [0.25, 0.3) is 5.69 Å². The van der Waals surface area contributed by atoms with Crippen molar-refractivity contribution in [1.29, 1.82) is 0 Å². The number of carbonyl (C=O) groups excluding carboxylic acids is 2. The van der Waals surface area contributed by atoms with Gasteiger partial charge in [-0.15, -0.1) is 10.2 Å². The van der Waals surface area contributed by atoms with Gasteiger partial charge in [0.05, 0.1) is 51.1 Å². The number of carbonyl (C=O) groups is 2. The van der Waals surface area contributed by atoms with Crippen molar-refractivity contribution in [3.63, 3.8) is 0 Å². The summed E-state index contributed by atoms with van der Waals surface area (Å²) in [5.41, 5.74) is 3.44. The molecule has 1 aliphatic heterocycles. The van der Waals surface area contributed by atoms with Gasteiger partial charge in [0.25, 0.3) is 11.8 Å². The number of aromatic nitrogens is 3. The molecule has 0 aliphatic carbocycles. The molecular formula is C36H33FN6O5S. The van der Waals surface area contributed by atoms with Crippen LogP contribution >= 0.6 is 11.8 Å². The Balaban J connectivity index is 1.25. The van der Waals surface area contributed by atoms with Crippen molar-refractivity contribution < 1.29 is 28.2 Å². The number of nitrogens with one attached hydrogen (secondary N) is 1. The number of hydrazone groups is 1. The highest BCUT2D eigenvalue weighted by atomic mass is 32.2. The van der Waals surface area contributed by atoms with Gasteiger partial charge in [0.2, 0.25) is 0 Å². The Kier molecular flexibility index (Phi) is 10.2. The van der Waals surface area contributed by atoms with Crippen LogP contribution in [0.5, 0.6) is 17.2 Å². The molecule has 0 fully saturated rings. The summed E-state index contributed by atoms with van der Waals surface area (Å²) in [5, 5.41) is 18.3. The Labute approximate surface area is 286 Å². The topological polar surface area (TPSA) is 120 Å². The smallest absolute Gasteiger partial charge is 0.253 e. The monoisotopic (exact) mass is 680 g/mol. The number of rotatable bonds is 12. The molecule has 2 heterocycles. The first kappa shape index (κ1) is 33.2. The zero-order valence-corrected chi connectivity index (χ0v) is 27.8. The third kappa shape index (κ3) is 7.41. The van der Waals surface area contributed by atoms with Crippen molar-refractivity contribution in [2.45, 2.75) is 24.2 Å². The molecule has 0 radical (unpaired) electrons. The molecule has 2 amide bonds. The van der Waals surface area contributed by atoms with Crippen LogP contribution in [-0.4, -0.2) is 64.4 Å². The molecule has 1 aliphatic rings. The predicted octanol–water partition coefficient (Wildman–Crippen LogP) is 5.83. The number of methoxy groups -OCH3 is 3. The highest BCUT2D eigenvalue weighted by molar-refractivity contribution is 7.99. The molecule has 5 aromatic rings. The summed E-state index contributed by atoms with van der Waals surface area (Å²) in [7, 11) is 4.72. The largest absolute Gasteiger partial charge is 0.497 e. The molecule has 250 valence electrons. The van der Waals surface area contributed by atoms with Gasteiger partial charge in [-0.3, -0.25) is 14.2 Å². The number of benzene rings is 4. The summed E-state index contributed by atoms with van der Waals surface area (Å²) < 4.78 is 31.7. The summed E-state index contributed by atoms with van der Waals surface area (Å²) in [6.45, 7) is 0.0543. The third-order valence-corrected chi connectivity index (χ3v) is 8.87. The molecule has 49 heavy (non-hydrogen) atoms. The lowest BCUT2D eigenvalue weighted by molar-refractivity contribution is -0.130. The fraction of sp³-hybridized carbons (Fsp3) is 0.194. The Morgan fingerprint density at radius 1 is 0.857 bits per heavy atom. The average Bonchev–Trinajstić information content (AvgIpc) is 3.78. The van der Waals surface area contributed by atoms with Crippen LogP contribution in [0.2, 0.25) is 0 Å². The molecule has 0 saturated heterocycles. The van der Waals surface area contributed by atoms with E-state index in [0.717, 1.165) is 16.8 Å². The number of thioether (sulfide) groups is 1. The Morgan fingerprint density at radius 3 is 2.20 bits per heavy atom. The van der Waals surface area contributed by atoms with Gasteiger partial charge in [-0.25, -0.2) is 9.40 Å². The first-order valence-corrected chi connectivity index (χ1v) is 16.3. The number of ether oxygens (including phenoxy) is 3. The minimum absolute atomic E-state index is 0.0252. The summed E-state index contributed by atoms with van der Waals surface area (Å²) in [5.74, 6) is 1.39. The van der Waals surface area contributed by atoms with Crippen LogP contribution in [0.3, 0.4) is 0 Å². The summed E-state index contributed by atoms with van der Waals surface area (Å²) >= 11 is 1.18. The Bertz CT molecular complexity index is 1970. The van der Waals surface area contributed by atoms with Crippen LogP contribution in [0, 0.1) is 5.82 Å². The second kappa shape index (κ2) is 15.0. The molecular weight excluding hydrogens is 647 g/mol. The highest BCUT2D eigenvalue weighted by Gasteiger charge is 2.33. The minimum atomic E-state index is -0.429. The summed E-state index contributed by atoms with van der Waals surface area (Å²) in [6, 6.07) is 27.3. The summed E-state index contributed by atoms with van der Waals surface area (Å²) in [4.78, 5) is 26.9. The standard InChI is InChI=1S/C36H33FN6O5S/c1-46-27-16-10-23(11-17-27)29-20-31(24-8-14-26(37)15-9-24)43(41-29)34(44)22-49-36-40-39-33(42(36)30-6-4-5-7-32(30)48-3)21-38-35(45)25-12-18-28(47-2)19-13-25/h4-19,31H,20-22H2,1-3H3,(H,38,45)/t31-/m0/s1. The quantitative estimate of drug-likeness (QED) is 0.164. The molecule has 4 aromatic carbocycles. The van der Waals surface area contributed by atoms with Gasteiger partial charge in [0, 0.05) is 12.0 Å².